The van der Waals surface area contributed by atoms with Crippen LogP contribution in [0.1, 0.15) is 37.7 Å². The number of anilines is 1. The first-order valence-electron chi connectivity index (χ1n) is 9.16. The molecule has 2 amide bonds. The molecule has 2 heterocycles. The number of aromatic nitrogens is 2. The predicted molar refractivity (Wildman–Crippen MR) is 109 cm³/mol. The largest absolute Gasteiger partial charge is 0.352 e. The molecule has 3 aromatic rings. The number of Topliss-reactive ketones (excluding diaryl/α,β-unsaturated/α-hetero) is 1. The third-order valence-electron chi connectivity index (χ3n) is 4.65. The number of amides is 2. The van der Waals surface area contributed by atoms with E-state index in [2.05, 4.69) is 20.6 Å². The molecule has 2 aromatic heterocycles. The van der Waals surface area contributed by atoms with Gasteiger partial charge in [-0.3, -0.25) is 24.7 Å². The van der Waals surface area contributed by atoms with E-state index in [0.717, 1.165) is 16.9 Å². The van der Waals surface area contributed by atoms with E-state index in [1.165, 1.54) is 6.20 Å². The summed E-state index contributed by atoms with van der Waals surface area (Å²) in [6, 6.07) is 12.9. The average Bonchev–Trinajstić information content (AvgIpc) is 3.16. The second-order valence-corrected chi connectivity index (χ2v) is 7.72. The van der Waals surface area contributed by atoms with Gasteiger partial charge in [-0.1, -0.05) is 41.7 Å². The van der Waals surface area contributed by atoms with Crippen LogP contribution >= 0.6 is 11.3 Å². The molecule has 0 fully saturated rings. The standard InChI is InChI=1S/C21H18N4O3S/c26-17-10-15(19(27)23-11-13-5-2-1-3-6-13)9-16-18(17)29-21(24-16)25-20(28)14-7-4-8-22-12-14/h1-8,12,15H,9-11H2,(H,23,27)(H,24,25,28)/t15-/m1/s1. The maximum atomic E-state index is 12.5. The number of hydrogen-bond donors (Lipinski definition) is 2. The second-order valence-electron chi connectivity index (χ2n) is 6.72. The van der Waals surface area contributed by atoms with Gasteiger partial charge in [-0.15, -0.1) is 0 Å². The molecule has 0 saturated heterocycles. The molecule has 4 rings (SSSR count). The summed E-state index contributed by atoms with van der Waals surface area (Å²) >= 11 is 1.15. The molecule has 0 spiro atoms. The number of benzene rings is 1. The zero-order valence-corrected chi connectivity index (χ0v) is 16.2. The van der Waals surface area contributed by atoms with Crippen molar-refractivity contribution in [2.24, 2.45) is 5.92 Å². The molecule has 2 N–H and O–H groups in total. The number of hydrogen-bond acceptors (Lipinski definition) is 6. The fourth-order valence-corrected chi connectivity index (χ4v) is 4.10. The van der Waals surface area contributed by atoms with Gasteiger partial charge in [-0.2, -0.15) is 0 Å². The Bertz CT molecular complexity index is 1050. The monoisotopic (exact) mass is 406 g/mol. The molecule has 0 aliphatic heterocycles. The highest BCUT2D eigenvalue weighted by Crippen LogP contribution is 2.32. The summed E-state index contributed by atoms with van der Waals surface area (Å²) in [5.41, 5.74) is 1.97. The van der Waals surface area contributed by atoms with E-state index in [4.69, 9.17) is 0 Å². The number of pyridine rings is 1. The van der Waals surface area contributed by atoms with E-state index in [1.807, 2.05) is 30.3 Å². The van der Waals surface area contributed by atoms with Crippen molar-refractivity contribution in [1.29, 1.82) is 0 Å². The third-order valence-corrected chi connectivity index (χ3v) is 5.70. The second kappa shape index (κ2) is 8.32. The molecular formula is C21H18N4O3S. The quantitative estimate of drug-likeness (QED) is 0.679. The molecule has 0 radical (unpaired) electrons. The van der Waals surface area contributed by atoms with Crippen molar-refractivity contribution < 1.29 is 14.4 Å². The molecule has 0 unspecified atom stereocenters. The van der Waals surface area contributed by atoms with Gasteiger partial charge in [0, 0.05) is 31.8 Å². The number of nitrogens with one attached hydrogen (secondary N) is 2. The topological polar surface area (TPSA) is 101 Å². The highest BCUT2D eigenvalue weighted by Gasteiger charge is 2.33. The number of carbonyl (C=O) groups excluding carboxylic acids is 3. The van der Waals surface area contributed by atoms with E-state index in [1.54, 1.807) is 18.3 Å². The Morgan fingerprint density at radius 2 is 1.93 bits per heavy atom. The van der Waals surface area contributed by atoms with Crippen LogP contribution in [0.3, 0.4) is 0 Å². The summed E-state index contributed by atoms with van der Waals surface area (Å²) in [5, 5.41) is 5.94. The lowest BCUT2D eigenvalue weighted by molar-refractivity contribution is -0.125. The zero-order valence-electron chi connectivity index (χ0n) is 15.4. The zero-order chi connectivity index (χ0) is 20.2. The van der Waals surface area contributed by atoms with Gasteiger partial charge in [-0.25, -0.2) is 4.98 Å². The number of ketones is 1. The first-order chi connectivity index (χ1) is 14.1. The van der Waals surface area contributed by atoms with E-state index in [0.29, 0.717) is 34.2 Å². The smallest absolute Gasteiger partial charge is 0.259 e. The van der Waals surface area contributed by atoms with Crippen molar-refractivity contribution in [2.75, 3.05) is 5.32 Å². The summed E-state index contributed by atoms with van der Waals surface area (Å²) in [6.07, 6.45) is 3.56. The number of thiazole rings is 1. The molecule has 7 nitrogen and oxygen atoms in total. The van der Waals surface area contributed by atoms with Gasteiger partial charge >= 0.3 is 0 Å². The van der Waals surface area contributed by atoms with E-state index >= 15 is 0 Å². The minimum atomic E-state index is -0.456. The van der Waals surface area contributed by atoms with Crippen molar-refractivity contribution in [2.45, 2.75) is 19.4 Å². The lowest BCUT2D eigenvalue weighted by atomic mass is 9.89. The Labute approximate surface area is 171 Å². The van der Waals surface area contributed by atoms with Gasteiger partial charge in [0.2, 0.25) is 5.91 Å². The van der Waals surface area contributed by atoms with Crippen LogP contribution in [0.4, 0.5) is 5.13 Å². The number of rotatable bonds is 5. The van der Waals surface area contributed by atoms with Gasteiger partial charge in [0.1, 0.15) is 0 Å². The Morgan fingerprint density at radius 1 is 1.10 bits per heavy atom. The van der Waals surface area contributed by atoms with Crippen molar-refractivity contribution in [3.8, 4) is 0 Å². The van der Waals surface area contributed by atoms with E-state index in [-0.39, 0.29) is 24.0 Å². The molecular weight excluding hydrogens is 388 g/mol. The lowest BCUT2D eigenvalue weighted by Crippen LogP contribution is -2.35. The highest BCUT2D eigenvalue weighted by atomic mass is 32.1. The van der Waals surface area contributed by atoms with Crippen LogP contribution in [-0.4, -0.2) is 27.6 Å². The maximum absolute atomic E-state index is 12.5. The number of carbonyl (C=O) groups is 3. The number of nitrogens with zero attached hydrogens (tertiary/aromatic N) is 2. The molecule has 1 aliphatic carbocycles. The highest BCUT2D eigenvalue weighted by molar-refractivity contribution is 7.17. The van der Waals surface area contributed by atoms with Crippen molar-refractivity contribution in [3.63, 3.8) is 0 Å². The Balaban J connectivity index is 1.41. The van der Waals surface area contributed by atoms with Gasteiger partial charge in [-0.05, 0) is 17.7 Å². The Kier molecular flexibility index (Phi) is 5.44. The molecule has 8 heteroatoms. The van der Waals surface area contributed by atoms with Gasteiger partial charge < -0.3 is 5.32 Å². The van der Waals surface area contributed by atoms with Crippen LogP contribution in [0, 0.1) is 5.92 Å². The van der Waals surface area contributed by atoms with Crippen LogP contribution in [0.15, 0.2) is 54.9 Å². The summed E-state index contributed by atoms with van der Waals surface area (Å²) in [7, 11) is 0. The summed E-state index contributed by atoms with van der Waals surface area (Å²) in [6.45, 7) is 0.417. The average molecular weight is 406 g/mol. The van der Waals surface area contributed by atoms with Crippen molar-refractivity contribution in [1.82, 2.24) is 15.3 Å². The Morgan fingerprint density at radius 3 is 2.69 bits per heavy atom. The van der Waals surface area contributed by atoms with Gasteiger partial charge in [0.15, 0.2) is 10.9 Å². The molecule has 146 valence electrons. The van der Waals surface area contributed by atoms with Crippen LogP contribution < -0.4 is 10.6 Å². The maximum Gasteiger partial charge on any atom is 0.259 e. The summed E-state index contributed by atoms with van der Waals surface area (Å²) in [4.78, 5) is 46.1. The lowest BCUT2D eigenvalue weighted by Gasteiger charge is -2.19. The van der Waals surface area contributed by atoms with Crippen LogP contribution in [-0.2, 0) is 17.8 Å². The van der Waals surface area contributed by atoms with Crippen LogP contribution in [0.2, 0.25) is 0 Å². The Hall–Kier alpha value is -3.39. The van der Waals surface area contributed by atoms with Gasteiger partial charge in [0.25, 0.3) is 5.91 Å². The van der Waals surface area contributed by atoms with Crippen molar-refractivity contribution >= 4 is 34.1 Å². The summed E-state index contributed by atoms with van der Waals surface area (Å²) < 4.78 is 0. The minimum absolute atomic E-state index is 0.120. The fraction of sp³-hybridized carbons (Fsp3) is 0.190. The predicted octanol–water partition coefficient (Wildman–Crippen LogP) is 2.85. The molecule has 1 aromatic carbocycles. The SMILES string of the molecule is O=C(Nc1nc2c(s1)C(=O)C[C@H](C(=O)NCc1ccccc1)C2)c1cccnc1. The third kappa shape index (κ3) is 4.38. The minimum Gasteiger partial charge on any atom is -0.352 e. The molecule has 29 heavy (non-hydrogen) atoms. The molecule has 0 saturated carbocycles. The van der Waals surface area contributed by atoms with Gasteiger partial charge in [0.05, 0.1) is 22.1 Å². The fourth-order valence-electron chi connectivity index (χ4n) is 3.16. The van der Waals surface area contributed by atoms with E-state index < -0.39 is 5.92 Å². The first kappa shape index (κ1) is 18.9. The molecule has 1 aliphatic rings. The molecule has 1 atom stereocenters. The van der Waals surface area contributed by atoms with Crippen molar-refractivity contribution in [3.05, 3.63) is 76.6 Å². The first-order valence-corrected chi connectivity index (χ1v) is 9.97. The molecule has 0 bridgehead atoms. The normalized spacial score (nSPS) is 15.4. The van der Waals surface area contributed by atoms with Crippen LogP contribution in [0.5, 0.6) is 0 Å². The van der Waals surface area contributed by atoms with Crippen LogP contribution in [0.25, 0.3) is 0 Å². The van der Waals surface area contributed by atoms with E-state index in [9.17, 15) is 14.4 Å². The summed E-state index contributed by atoms with van der Waals surface area (Å²) in [5.74, 6) is -1.08. The number of fused-ring (bicyclic) bond motifs is 1.